The minimum Gasteiger partial charge on any atom is -0.495 e. The van der Waals surface area contributed by atoms with Crippen LogP contribution in [0, 0.1) is 0 Å². The van der Waals surface area contributed by atoms with Crippen LogP contribution < -0.4 is 20.3 Å². The Balaban J connectivity index is 1.74. The molecule has 1 fully saturated rings. The van der Waals surface area contributed by atoms with E-state index in [0.29, 0.717) is 5.92 Å². The lowest BCUT2D eigenvalue weighted by atomic mass is 9.91. The first-order valence-electron chi connectivity index (χ1n) is 11.2. The zero-order chi connectivity index (χ0) is 21.8. The van der Waals surface area contributed by atoms with Gasteiger partial charge in [0.2, 0.25) is 0 Å². The molecule has 4 rings (SSSR count). The van der Waals surface area contributed by atoms with Crippen molar-refractivity contribution in [3.05, 3.63) is 89.5 Å². The Morgan fingerprint density at radius 1 is 0.935 bits per heavy atom. The van der Waals surface area contributed by atoms with Gasteiger partial charge in [-0.1, -0.05) is 74.5 Å². The van der Waals surface area contributed by atoms with Crippen molar-refractivity contribution in [1.82, 2.24) is 0 Å². The van der Waals surface area contributed by atoms with Crippen LogP contribution in [0.25, 0.3) is 0 Å². The van der Waals surface area contributed by atoms with Crippen molar-refractivity contribution < 1.29 is 4.74 Å². The van der Waals surface area contributed by atoms with E-state index in [4.69, 9.17) is 10.5 Å². The first-order chi connectivity index (χ1) is 15.1. The van der Waals surface area contributed by atoms with E-state index in [0.717, 1.165) is 37.4 Å². The summed E-state index contributed by atoms with van der Waals surface area (Å²) in [7, 11) is 1.72. The molecule has 3 aromatic rings. The predicted octanol–water partition coefficient (Wildman–Crippen LogP) is 5.37. The lowest BCUT2D eigenvalue weighted by Gasteiger charge is -2.33. The van der Waals surface area contributed by atoms with Crippen LogP contribution in [0.5, 0.6) is 5.75 Å². The number of nitrogens with two attached hydrogens (primary N) is 1. The Labute approximate surface area is 186 Å². The molecule has 0 aromatic heterocycles. The zero-order valence-corrected chi connectivity index (χ0v) is 18.8. The van der Waals surface area contributed by atoms with Crippen molar-refractivity contribution in [1.29, 1.82) is 0 Å². The summed E-state index contributed by atoms with van der Waals surface area (Å²) in [6.45, 7) is 6.31. The molecule has 0 saturated carbocycles. The second kappa shape index (κ2) is 9.44. The highest BCUT2D eigenvalue weighted by atomic mass is 16.5. The number of nitrogens with zero attached hydrogens (tertiary/aromatic N) is 2. The summed E-state index contributed by atoms with van der Waals surface area (Å²) < 4.78 is 5.61. The van der Waals surface area contributed by atoms with Gasteiger partial charge in [0.1, 0.15) is 5.75 Å². The van der Waals surface area contributed by atoms with Gasteiger partial charge in [-0.3, -0.25) is 5.73 Å². The number of ether oxygens (including phenoxy) is 1. The second-order valence-electron chi connectivity index (χ2n) is 8.30. The van der Waals surface area contributed by atoms with Gasteiger partial charge in [-0.25, -0.2) is 0 Å². The van der Waals surface area contributed by atoms with E-state index in [-0.39, 0.29) is 6.29 Å². The molecule has 0 spiro atoms. The fourth-order valence-corrected chi connectivity index (χ4v) is 4.56. The fourth-order valence-electron chi connectivity index (χ4n) is 4.56. The highest BCUT2D eigenvalue weighted by molar-refractivity contribution is 5.67. The van der Waals surface area contributed by atoms with Crippen LogP contribution in [0.2, 0.25) is 0 Å². The molecule has 1 saturated heterocycles. The summed E-state index contributed by atoms with van der Waals surface area (Å²) in [5, 5.41) is 0. The van der Waals surface area contributed by atoms with Gasteiger partial charge in [-0.2, -0.15) is 0 Å². The summed E-state index contributed by atoms with van der Waals surface area (Å²) in [5.74, 6) is 1.33. The monoisotopic (exact) mass is 415 g/mol. The minimum absolute atomic E-state index is 0.240. The van der Waals surface area contributed by atoms with Crippen molar-refractivity contribution in [3.63, 3.8) is 0 Å². The van der Waals surface area contributed by atoms with Crippen LogP contribution in [0.1, 0.15) is 42.9 Å². The third-order valence-corrected chi connectivity index (χ3v) is 6.43. The van der Waals surface area contributed by atoms with E-state index in [2.05, 4.69) is 78.2 Å². The normalized spacial score (nSPS) is 17.1. The van der Waals surface area contributed by atoms with E-state index in [1.165, 1.54) is 22.4 Å². The third kappa shape index (κ3) is 4.26. The lowest BCUT2D eigenvalue weighted by molar-refractivity contribution is 0.414. The first kappa shape index (κ1) is 21.3. The molecule has 0 bridgehead atoms. The molecule has 31 heavy (non-hydrogen) atoms. The number of rotatable bonds is 7. The average molecular weight is 416 g/mol. The van der Waals surface area contributed by atoms with Gasteiger partial charge in [0.15, 0.2) is 6.29 Å². The number of hydrogen-bond donors (Lipinski definition) is 1. The maximum atomic E-state index is 6.88. The largest absolute Gasteiger partial charge is 0.495 e. The number of para-hydroxylation sites is 3. The molecule has 162 valence electrons. The van der Waals surface area contributed by atoms with Gasteiger partial charge in [0.05, 0.1) is 12.8 Å². The van der Waals surface area contributed by atoms with Crippen molar-refractivity contribution >= 4 is 11.4 Å². The fraction of sp³-hybridized carbons (Fsp3) is 0.333. The summed E-state index contributed by atoms with van der Waals surface area (Å²) in [6, 6.07) is 25.5. The van der Waals surface area contributed by atoms with Crippen LogP contribution >= 0.6 is 0 Å². The zero-order valence-electron chi connectivity index (χ0n) is 18.8. The molecule has 2 unspecified atom stereocenters. The quantitative estimate of drug-likeness (QED) is 0.563. The standard InChI is InChI=1S/C27H33N3O/c1-4-20(2)23-14-10-13-22(19-21-11-6-5-7-12-21)26(23)30-18-17-29(27(30)28)24-15-8-9-16-25(24)31-3/h5-16,20,27H,4,17-19,28H2,1-3H3. The van der Waals surface area contributed by atoms with Crippen LogP contribution in [0.15, 0.2) is 72.8 Å². The molecule has 0 radical (unpaired) electrons. The molecule has 3 aromatic carbocycles. The highest BCUT2D eigenvalue weighted by Gasteiger charge is 2.33. The summed E-state index contributed by atoms with van der Waals surface area (Å²) in [5.41, 5.74) is 13.3. The third-order valence-electron chi connectivity index (χ3n) is 6.43. The summed E-state index contributed by atoms with van der Waals surface area (Å²) >= 11 is 0. The molecule has 2 atom stereocenters. The number of anilines is 2. The van der Waals surface area contributed by atoms with Gasteiger partial charge < -0.3 is 14.5 Å². The minimum atomic E-state index is -0.240. The van der Waals surface area contributed by atoms with Crippen molar-refractivity contribution in [2.75, 3.05) is 30.0 Å². The smallest absolute Gasteiger partial charge is 0.155 e. The van der Waals surface area contributed by atoms with Gasteiger partial charge in [-0.15, -0.1) is 0 Å². The van der Waals surface area contributed by atoms with Gasteiger partial charge in [0.25, 0.3) is 0 Å². The Kier molecular flexibility index (Phi) is 6.47. The van der Waals surface area contributed by atoms with Gasteiger partial charge >= 0.3 is 0 Å². The van der Waals surface area contributed by atoms with Gasteiger partial charge in [0, 0.05) is 18.8 Å². The average Bonchev–Trinajstić information content (AvgIpc) is 3.19. The van der Waals surface area contributed by atoms with Crippen molar-refractivity contribution in [2.45, 2.75) is 38.9 Å². The molecule has 2 N–H and O–H groups in total. The summed E-state index contributed by atoms with van der Waals surface area (Å²) in [6.07, 6.45) is 1.76. The first-order valence-corrected chi connectivity index (χ1v) is 11.2. The number of benzene rings is 3. The van der Waals surface area contributed by atoms with Crippen LogP contribution in [0.4, 0.5) is 11.4 Å². The second-order valence-corrected chi connectivity index (χ2v) is 8.30. The Hall–Kier alpha value is -2.98. The highest BCUT2D eigenvalue weighted by Crippen LogP contribution is 2.39. The molecule has 1 aliphatic rings. The van der Waals surface area contributed by atoms with E-state index in [9.17, 15) is 0 Å². The molecule has 4 heteroatoms. The maximum absolute atomic E-state index is 6.88. The molecular weight excluding hydrogens is 382 g/mol. The molecular formula is C27H33N3O. The lowest BCUT2D eigenvalue weighted by Crippen LogP contribution is -2.47. The van der Waals surface area contributed by atoms with E-state index < -0.39 is 0 Å². The van der Waals surface area contributed by atoms with Crippen molar-refractivity contribution in [2.24, 2.45) is 5.73 Å². The number of methoxy groups -OCH3 is 1. The maximum Gasteiger partial charge on any atom is 0.155 e. The molecule has 4 nitrogen and oxygen atoms in total. The van der Waals surface area contributed by atoms with E-state index in [1.54, 1.807) is 7.11 Å². The van der Waals surface area contributed by atoms with E-state index >= 15 is 0 Å². The van der Waals surface area contributed by atoms with E-state index in [1.807, 2.05) is 18.2 Å². The van der Waals surface area contributed by atoms with Gasteiger partial charge in [-0.05, 0) is 47.6 Å². The molecule has 1 aliphatic heterocycles. The molecule has 0 aliphatic carbocycles. The SMILES string of the molecule is CCC(C)c1cccc(Cc2ccccc2)c1N1CCN(c2ccccc2OC)C1N. The molecule has 1 heterocycles. The van der Waals surface area contributed by atoms with Crippen LogP contribution in [0.3, 0.4) is 0 Å². The number of hydrogen-bond acceptors (Lipinski definition) is 4. The predicted molar refractivity (Wildman–Crippen MR) is 130 cm³/mol. The molecule has 0 amide bonds. The Morgan fingerprint density at radius 3 is 2.39 bits per heavy atom. The van der Waals surface area contributed by atoms with Crippen molar-refractivity contribution in [3.8, 4) is 5.75 Å². The topological polar surface area (TPSA) is 41.7 Å². The Bertz CT molecular complexity index is 1000. The van der Waals surface area contributed by atoms with Crippen LogP contribution in [-0.2, 0) is 6.42 Å². The Morgan fingerprint density at radius 2 is 1.65 bits per heavy atom. The summed E-state index contributed by atoms with van der Waals surface area (Å²) in [4.78, 5) is 4.63. The van der Waals surface area contributed by atoms with Crippen LogP contribution in [-0.4, -0.2) is 26.5 Å².